The molecule has 0 amide bonds. The molecule has 0 bridgehead atoms. The van der Waals surface area contributed by atoms with Crippen LogP contribution in [-0.4, -0.2) is 41.3 Å². The second-order valence-corrected chi connectivity index (χ2v) is 8.48. The molecule has 3 rings (SSSR count). The molecule has 118 valence electrons. The minimum Gasteiger partial charge on any atom is -0.374 e. The van der Waals surface area contributed by atoms with Gasteiger partial charge in [0.25, 0.3) is 0 Å². The van der Waals surface area contributed by atoms with Crippen LogP contribution >= 0.6 is 23.1 Å². The van der Waals surface area contributed by atoms with Crippen molar-refractivity contribution in [3.63, 3.8) is 0 Å². The Morgan fingerprint density at radius 2 is 2.48 bits per heavy atom. The zero-order valence-electron chi connectivity index (χ0n) is 13.1. The van der Waals surface area contributed by atoms with Gasteiger partial charge in [0.1, 0.15) is 0 Å². The summed E-state index contributed by atoms with van der Waals surface area (Å²) in [6.45, 7) is 6.27. The Morgan fingerprint density at radius 1 is 1.57 bits per heavy atom. The highest BCUT2D eigenvalue weighted by Crippen LogP contribution is 2.41. The van der Waals surface area contributed by atoms with Crippen LogP contribution < -0.4 is 5.32 Å². The Hall–Kier alpha value is -0.100. The molecular weight excluding hydrogens is 300 g/mol. The van der Waals surface area contributed by atoms with Crippen molar-refractivity contribution in [2.75, 3.05) is 24.7 Å². The summed E-state index contributed by atoms with van der Waals surface area (Å²) in [7, 11) is 0. The van der Waals surface area contributed by atoms with E-state index in [1.807, 2.05) is 0 Å². The molecule has 5 heteroatoms. The molecule has 1 aromatic heterocycles. The zero-order valence-corrected chi connectivity index (χ0v) is 14.7. The number of hydrogen-bond acceptors (Lipinski definition) is 5. The van der Waals surface area contributed by atoms with Crippen molar-refractivity contribution in [2.24, 2.45) is 5.92 Å². The Labute approximate surface area is 136 Å². The Balaban J connectivity index is 1.67. The van der Waals surface area contributed by atoms with Crippen LogP contribution in [0.25, 0.3) is 0 Å². The number of aryl methyl sites for hydroxylation is 1. The smallest absolute Gasteiger partial charge is 0.0897 e. The van der Waals surface area contributed by atoms with Crippen molar-refractivity contribution in [3.05, 3.63) is 16.1 Å². The number of nitrogens with one attached hydrogen (secondary N) is 1. The topological polar surface area (TPSA) is 34.2 Å². The predicted octanol–water partition coefficient (Wildman–Crippen LogP) is 3.27. The average molecular weight is 327 g/mol. The van der Waals surface area contributed by atoms with Crippen molar-refractivity contribution in [2.45, 2.75) is 51.2 Å². The minimum absolute atomic E-state index is 0.180. The van der Waals surface area contributed by atoms with Crippen molar-refractivity contribution < 1.29 is 4.74 Å². The molecule has 2 saturated heterocycles. The van der Waals surface area contributed by atoms with Crippen LogP contribution in [0.15, 0.2) is 5.38 Å². The van der Waals surface area contributed by atoms with Crippen LogP contribution in [0.4, 0.5) is 0 Å². The van der Waals surface area contributed by atoms with Crippen LogP contribution in [0.1, 0.15) is 36.9 Å². The Bertz CT molecular complexity index is 457. The fourth-order valence-corrected chi connectivity index (χ4v) is 5.67. The molecule has 2 aliphatic heterocycles. The van der Waals surface area contributed by atoms with Gasteiger partial charge in [-0.05, 0) is 44.4 Å². The lowest BCUT2D eigenvalue weighted by molar-refractivity contribution is -0.0850. The van der Waals surface area contributed by atoms with Gasteiger partial charge in [-0.1, -0.05) is 6.92 Å². The van der Waals surface area contributed by atoms with E-state index in [1.54, 1.807) is 11.3 Å². The molecule has 3 unspecified atom stereocenters. The minimum atomic E-state index is 0.180. The van der Waals surface area contributed by atoms with E-state index in [2.05, 4.69) is 41.3 Å². The SMILES string of the molecule is CCNC(Cc1csc(C)n1)C1CCOC2(CCSC2)C1. The maximum atomic E-state index is 6.18. The maximum Gasteiger partial charge on any atom is 0.0897 e. The van der Waals surface area contributed by atoms with Crippen LogP contribution in [0.2, 0.25) is 0 Å². The van der Waals surface area contributed by atoms with E-state index in [0.29, 0.717) is 6.04 Å². The molecule has 0 saturated carbocycles. The molecule has 0 aromatic carbocycles. The summed E-state index contributed by atoms with van der Waals surface area (Å²) in [5, 5.41) is 7.12. The highest BCUT2D eigenvalue weighted by molar-refractivity contribution is 7.99. The van der Waals surface area contributed by atoms with E-state index < -0.39 is 0 Å². The molecular formula is C16H26N2OS2. The normalized spacial score (nSPS) is 30.9. The molecule has 2 aliphatic rings. The van der Waals surface area contributed by atoms with E-state index in [-0.39, 0.29) is 5.60 Å². The summed E-state index contributed by atoms with van der Waals surface area (Å²) >= 11 is 3.82. The Morgan fingerprint density at radius 3 is 3.14 bits per heavy atom. The van der Waals surface area contributed by atoms with Gasteiger partial charge in [0.2, 0.25) is 0 Å². The number of rotatable bonds is 5. The largest absolute Gasteiger partial charge is 0.374 e. The summed E-state index contributed by atoms with van der Waals surface area (Å²) in [5.41, 5.74) is 1.43. The fourth-order valence-electron chi connectivity index (χ4n) is 3.67. The second kappa shape index (κ2) is 6.99. The van der Waals surface area contributed by atoms with E-state index in [0.717, 1.165) is 25.5 Å². The van der Waals surface area contributed by atoms with Crippen molar-refractivity contribution >= 4 is 23.1 Å². The van der Waals surface area contributed by atoms with Gasteiger partial charge in [-0.3, -0.25) is 0 Å². The van der Waals surface area contributed by atoms with Crippen molar-refractivity contribution in [1.82, 2.24) is 10.3 Å². The number of likely N-dealkylation sites (N-methyl/N-ethyl adjacent to an activating group) is 1. The first kappa shape index (κ1) is 15.8. The lowest BCUT2D eigenvalue weighted by Gasteiger charge is -2.41. The monoisotopic (exact) mass is 326 g/mol. The summed E-state index contributed by atoms with van der Waals surface area (Å²) in [5.74, 6) is 3.18. The molecule has 3 heterocycles. The highest BCUT2D eigenvalue weighted by Gasteiger charge is 2.42. The molecule has 0 aliphatic carbocycles. The lowest BCUT2D eigenvalue weighted by Crippen LogP contribution is -2.47. The predicted molar refractivity (Wildman–Crippen MR) is 91.4 cm³/mol. The third-order valence-corrected chi connectivity index (χ3v) is 6.77. The molecule has 1 spiro atoms. The molecule has 21 heavy (non-hydrogen) atoms. The summed E-state index contributed by atoms with van der Waals surface area (Å²) < 4.78 is 6.18. The standard InChI is InChI=1S/C16H26N2OS2/c1-3-17-15(8-14-10-21-12(2)18-14)13-4-6-19-16(9-13)5-7-20-11-16/h10,13,15,17H,3-9,11H2,1-2H3. The number of thiazole rings is 1. The summed E-state index contributed by atoms with van der Waals surface area (Å²) in [4.78, 5) is 4.66. The van der Waals surface area contributed by atoms with Crippen molar-refractivity contribution in [1.29, 1.82) is 0 Å². The van der Waals surface area contributed by atoms with E-state index >= 15 is 0 Å². The molecule has 3 nitrogen and oxygen atoms in total. The van der Waals surface area contributed by atoms with Gasteiger partial charge in [0, 0.05) is 30.2 Å². The molecule has 1 N–H and O–H groups in total. The molecule has 1 aromatic rings. The number of ether oxygens (including phenoxy) is 1. The molecule has 3 atom stereocenters. The third-order valence-electron chi connectivity index (χ3n) is 4.73. The molecule has 0 radical (unpaired) electrons. The zero-order chi connectivity index (χ0) is 14.7. The van der Waals surface area contributed by atoms with E-state index in [4.69, 9.17) is 4.74 Å². The van der Waals surface area contributed by atoms with Gasteiger partial charge in [-0.25, -0.2) is 4.98 Å². The van der Waals surface area contributed by atoms with Gasteiger partial charge < -0.3 is 10.1 Å². The number of nitrogens with zero attached hydrogens (tertiary/aromatic N) is 1. The van der Waals surface area contributed by atoms with Crippen LogP contribution in [0, 0.1) is 12.8 Å². The van der Waals surface area contributed by atoms with Crippen LogP contribution in [0.5, 0.6) is 0 Å². The number of thioether (sulfide) groups is 1. The number of aromatic nitrogens is 1. The third kappa shape index (κ3) is 3.81. The lowest BCUT2D eigenvalue weighted by atomic mass is 9.80. The average Bonchev–Trinajstić information content (AvgIpc) is 3.08. The van der Waals surface area contributed by atoms with Gasteiger partial charge in [0.05, 0.1) is 16.3 Å². The van der Waals surface area contributed by atoms with Gasteiger partial charge in [0.15, 0.2) is 0 Å². The summed E-state index contributed by atoms with van der Waals surface area (Å²) in [6, 6.07) is 0.544. The van der Waals surface area contributed by atoms with Gasteiger partial charge in [-0.15, -0.1) is 11.3 Å². The van der Waals surface area contributed by atoms with Crippen molar-refractivity contribution in [3.8, 4) is 0 Å². The second-order valence-electron chi connectivity index (χ2n) is 6.31. The fraction of sp³-hybridized carbons (Fsp3) is 0.812. The highest BCUT2D eigenvalue weighted by atomic mass is 32.2. The Kier molecular flexibility index (Phi) is 5.25. The first-order valence-electron chi connectivity index (χ1n) is 8.07. The number of hydrogen-bond donors (Lipinski definition) is 1. The first-order chi connectivity index (χ1) is 10.2. The van der Waals surface area contributed by atoms with E-state index in [1.165, 1.54) is 41.5 Å². The van der Waals surface area contributed by atoms with Gasteiger partial charge >= 0.3 is 0 Å². The van der Waals surface area contributed by atoms with Crippen LogP contribution in [0.3, 0.4) is 0 Å². The first-order valence-corrected chi connectivity index (χ1v) is 10.1. The quantitative estimate of drug-likeness (QED) is 0.900. The van der Waals surface area contributed by atoms with E-state index in [9.17, 15) is 0 Å². The summed E-state index contributed by atoms with van der Waals surface area (Å²) in [6.07, 6.45) is 4.71. The maximum absolute atomic E-state index is 6.18. The van der Waals surface area contributed by atoms with Gasteiger partial charge in [-0.2, -0.15) is 11.8 Å². The van der Waals surface area contributed by atoms with Crippen LogP contribution in [-0.2, 0) is 11.2 Å². The molecule has 2 fully saturated rings.